The molecule has 0 radical (unpaired) electrons. The smallest absolute Gasteiger partial charge is 0.404 e. The first kappa shape index (κ1) is 66.1. The lowest BCUT2D eigenvalue weighted by Crippen LogP contribution is -2.40. The first-order valence-electron chi connectivity index (χ1n) is 22.3. The number of benzene rings is 3. The number of hydrogen-bond acceptors (Lipinski definition) is 11. The zero-order valence-corrected chi connectivity index (χ0v) is 46.2. The van der Waals surface area contributed by atoms with Crippen LogP contribution in [0.2, 0.25) is 30.1 Å². The Morgan fingerprint density at radius 3 is 1.28 bits per heavy atom. The Balaban J connectivity index is 0.000000219. The van der Waals surface area contributed by atoms with Gasteiger partial charge in [-0.25, -0.2) is 0 Å². The van der Waals surface area contributed by atoms with Crippen molar-refractivity contribution in [1.29, 1.82) is 5.26 Å². The summed E-state index contributed by atoms with van der Waals surface area (Å²) in [7, 11) is 0. The van der Waals surface area contributed by atoms with E-state index in [1.54, 1.807) is 36.4 Å². The van der Waals surface area contributed by atoms with E-state index in [9.17, 15) is 63.5 Å². The molecule has 426 valence electrons. The molecule has 5 aromatic rings. The Labute approximate surface area is 482 Å². The Morgan fingerprint density at radius 1 is 0.608 bits per heavy atom. The molecular formula is C48H41Cl6F9N8O6S2. The number of alkyl halides is 9. The monoisotopic (exact) mass is 1270 g/mol. The van der Waals surface area contributed by atoms with Crippen LogP contribution in [0.3, 0.4) is 0 Å². The summed E-state index contributed by atoms with van der Waals surface area (Å²) in [5.74, 6) is -3.84. The Kier molecular flexibility index (Phi) is 22.5. The molecule has 0 spiro atoms. The maximum absolute atomic E-state index is 12.8. The molecule has 3 aliphatic rings. The van der Waals surface area contributed by atoms with Gasteiger partial charge in [-0.15, -0.1) is 0 Å². The minimum Gasteiger partial charge on any atom is -0.481 e. The summed E-state index contributed by atoms with van der Waals surface area (Å²) >= 11 is 41.0. The molecule has 2 heterocycles. The van der Waals surface area contributed by atoms with Crippen molar-refractivity contribution in [2.45, 2.75) is 81.6 Å². The molecule has 0 bridgehead atoms. The highest BCUT2D eigenvalue weighted by Crippen LogP contribution is 2.59. The van der Waals surface area contributed by atoms with Crippen LogP contribution in [0.15, 0.2) is 99.7 Å². The van der Waals surface area contributed by atoms with Crippen LogP contribution in [0.5, 0.6) is 0 Å². The number of carboxylic acid groups (broad SMARTS) is 1. The number of thiocarbonyl (C=S) groups is 1. The van der Waals surface area contributed by atoms with Gasteiger partial charge in [0.15, 0.2) is 10.5 Å². The molecule has 8 rings (SSSR count). The van der Waals surface area contributed by atoms with Gasteiger partial charge in [0.1, 0.15) is 16.2 Å². The second-order valence-corrected chi connectivity index (χ2v) is 20.6. The van der Waals surface area contributed by atoms with Crippen molar-refractivity contribution in [3.63, 3.8) is 0 Å². The number of nitrogen functional groups attached to an aromatic ring is 2. The van der Waals surface area contributed by atoms with Crippen molar-refractivity contribution in [2.75, 3.05) is 11.5 Å². The molecule has 31 heteroatoms. The molecule has 14 nitrogen and oxygen atoms in total. The van der Waals surface area contributed by atoms with Crippen LogP contribution in [-0.4, -0.2) is 55.7 Å². The van der Waals surface area contributed by atoms with E-state index in [-0.39, 0.29) is 93.6 Å². The standard InChI is InChI=1S/C13H9Cl2F3N2OS.C12H11Cl2F3N2O.C11H8N2O2S.C7H8Cl2N2.C5H5F3O2/c14-8-2-1-7(9(15)10(8)22-6-19)5-20-11(21)12(3-4-12)13(16,17)18;13-7-2-1-6(8(14)9(7)18)5-19-10(20)11(3-4-11)12(15,16)17;14-9-5-1-3-7-12(9)11(16)13-8-4-2-6-10(13)15;8-5-2-1-4(3-10)6(9)7(5)11;6-5(7,8)4(1-2-4)3(9)10/h1-2H,3-5H2,(H,20,21);1-2H,3-5,18H2,(H,19,20);1-8H;1-2H,3,10-11H2;1-2H2,(H,9,10). The fourth-order valence-electron chi connectivity index (χ4n) is 6.62. The van der Waals surface area contributed by atoms with E-state index in [0.29, 0.717) is 38.3 Å². The molecule has 0 aliphatic heterocycles. The number of aromatic nitrogens is 2. The third-order valence-electron chi connectivity index (χ3n) is 12.0. The largest absolute Gasteiger partial charge is 0.481 e. The third-order valence-corrected chi connectivity index (χ3v) is 15.6. The van der Waals surface area contributed by atoms with E-state index in [4.69, 9.17) is 109 Å². The number of nitrogens with two attached hydrogens (primary N) is 3. The van der Waals surface area contributed by atoms with E-state index in [1.165, 1.54) is 57.9 Å². The number of thiocyanates is 1. The topological polar surface area (TPSA) is 241 Å². The molecule has 3 aliphatic carbocycles. The quantitative estimate of drug-likeness (QED) is 0.0266. The van der Waals surface area contributed by atoms with Crippen LogP contribution in [0.4, 0.5) is 50.9 Å². The number of nitrogens with one attached hydrogen (secondary N) is 2. The summed E-state index contributed by atoms with van der Waals surface area (Å²) in [5, 5.41) is 25.0. The van der Waals surface area contributed by atoms with Crippen molar-refractivity contribution in [2.24, 2.45) is 22.0 Å². The second-order valence-electron chi connectivity index (χ2n) is 17.1. The highest BCUT2D eigenvalue weighted by molar-refractivity contribution is 8.04. The average molecular weight is 1270 g/mol. The van der Waals surface area contributed by atoms with Gasteiger partial charge in [-0.3, -0.25) is 33.1 Å². The van der Waals surface area contributed by atoms with Gasteiger partial charge in [0.25, 0.3) is 11.1 Å². The van der Waals surface area contributed by atoms with Gasteiger partial charge >= 0.3 is 24.5 Å². The third kappa shape index (κ3) is 15.9. The van der Waals surface area contributed by atoms with Crippen LogP contribution in [0, 0.1) is 26.9 Å². The van der Waals surface area contributed by atoms with Gasteiger partial charge in [0, 0.05) is 44.2 Å². The van der Waals surface area contributed by atoms with Crippen molar-refractivity contribution in [3.05, 3.63) is 153 Å². The molecule has 3 fully saturated rings. The summed E-state index contributed by atoms with van der Waals surface area (Å²) in [4.78, 5) is 56.8. The van der Waals surface area contributed by atoms with E-state index in [1.807, 2.05) is 5.40 Å². The van der Waals surface area contributed by atoms with E-state index >= 15 is 0 Å². The van der Waals surface area contributed by atoms with Crippen molar-refractivity contribution >= 4 is 128 Å². The number of carboxylic acids is 1. The van der Waals surface area contributed by atoms with Gasteiger partial charge in [-0.05, 0) is 110 Å². The number of carbonyl (C=O) groups is 3. The lowest BCUT2D eigenvalue weighted by Gasteiger charge is -2.19. The van der Waals surface area contributed by atoms with Crippen LogP contribution >= 0.6 is 93.6 Å². The predicted octanol–water partition coefficient (Wildman–Crippen LogP) is 12.2. The van der Waals surface area contributed by atoms with Gasteiger partial charge in [-0.2, -0.15) is 44.8 Å². The fourth-order valence-corrected chi connectivity index (χ4v) is 8.95. The van der Waals surface area contributed by atoms with Gasteiger partial charge in [0.05, 0.1) is 46.4 Å². The van der Waals surface area contributed by atoms with Crippen LogP contribution in [0.25, 0.3) is 0 Å². The van der Waals surface area contributed by atoms with Gasteiger partial charge in [0.2, 0.25) is 11.8 Å². The number of aliphatic carboxylic acids is 1. The first-order chi connectivity index (χ1) is 36.7. The van der Waals surface area contributed by atoms with E-state index < -0.39 is 52.6 Å². The molecule has 0 saturated heterocycles. The maximum atomic E-state index is 12.8. The van der Waals surface area contributed by atoms with Crippen LogP contribution in [0.1, 0.15) is 55.2 Å². The summed E-state index contributed by atoms with van der Waals surface area (Å²) < 4.78 is 114. The minimum atomic E-state index is -4.57. The zero-order valence-electron chi connectivity index (χ0n) is 40.0. The van der Waals surface area contributed by atoms with Gasteiger partial charge in [-0.1, -0.05) is 99.9 Å². The molecule has 9 N–H and O–H groups in total. The summed E-state index contributed by atoms with van der Waals surface area (Å²) in [6.45, 7) is 0.0860. The number of nitrogens with zero attached hydrogens (tertiary/aromatic N) is 3. The Hall–Kier alpha value is -5.43. The van der Waals surface area contributed by atoms with Crippen LogP contribution < -0.4 is 39.0 Å². The number of anilines is 2. The van der Waals surface area contributed by atoms with Crippen molar-refractivity contribution < 1.29 is 59.0 Å². The van der Waals surface area contributed by atoms with E-state index in [2.05, 4.69) is 10.6 Å². The Bertz CT molecular complexity index is 3200. The van der Waals surface area contributed by atoms with Gasteiger partial charge < -0.3 is 32.9 Å². The second kappa shape index (κ2) is 26.9. The number of thioether (sulfide) groups is 1. The number of halogens is 15. The number of nitriles is 1. The number of amides is 2. The molecule has 0 unspecified atom stereocenters. The number of carbonyl (C=O) groups excluding carboxylic acids is 2. The average Bonchev–Trinajstić information content (AvgIpc) is 4.28. The maximum Gasteiger partial charge on any atom is 0.404 e. The molecule has 0 atom stereocenters. The first-order valence-corrected chi connectivity index (χ1v) is 25.8. The molecule has 79 heavy (non-hydrogen) atoms. The lowest BCUT2D eigenvalue weighted by atomic mass is 10.1. The zero-order chi connectivity index (χ0) is 59.6. The molecule has 2 aromatic heterocycles. The predicted molar refractivity (Wildman–Crippen MR) is 287 cm³/mol. The fraction of sp³-hybridized carbons (Fsp3) is 0.312. The molecular weight excluding hydrogens is 1230 g/mol. The molecule has 2 amide bonds. The minimum absolute atomic E-state index is 0.128. The van der Waals surface area contributed by atoms with Crippen molar-refractivity contribution in [1.82, 2.24) is 19.8 Å². The Morgan fingerprint density at radius 2 is 0.962 bits per heavy atom. The summed E-state index contributed by atoms with van der Waals surface area (Å²) in [6.07, 6.45) is -11.9. The molecule has 3 aromatic carbocycles. The van der Waals surface area contributed by atoms with Crippen LogP contribution in [-0.2, 0) is 34.0 Å². The SMILES string of the molecule is N#CSc1c(Cl)ccc(CNC(=O)C2(C(F)(F)F)CC2)c1Cl.NCc1ccc(Cl)c(N)c1Cl.Nc1c(Cl)ccc(CNC(=O)C2(C(F)(F)F)CC2)c1Cl.O=C(O)C1(C(F)(F)F)CC1.O=c1ccccn1C(=S)n1ccccc1=O. The highest BCUT2D eigenvalue weighted by Gasteiger charge is 2.70. The van der Waals surface area contributed by atoms with E-state index in [0.717, 1.165) is 17.3 Å². The number of rotatable bonds is 9. The normalized spacial score (nSPS) is 15.0. The lowest BCUT2D eigenvalue weighted by molar-refractivity contribution is -0.203. The van der Waals surface area contributed by atoms with Crippen molar-refractivity contribution in [3.8, 4) is 5.40 Å². The summed E-state index contributed by atoms with van der Waals surface area (Å²) in [6, 6.07) is 18.8. The summed E-state index contributed by atoms with van der Waals surface area (Å²) in [5.41, 5.74) is 11.3. The number of pyridine rings is 2. The molecule has 3 saturated carbocycles. The highest BCUT2D eigenvalue weighted by atomic mass is 35.5. The number of hydrogen-bond donors (Lipinski definition) is 6.